The van der Waals surface area contributed by atoms with Gasteiger partial charge in [0.15, 0.2) is 0 Å². The summed E-state index contributed by atoms with van der Waals surface area (Å²) in [4.78, 5) is 14.1. The highest BCUT2D eigenvalue weighted by atomic mass is 35.5. The van der Waals surface area contributed by atoms with E-state index in [2.05, 4.69) is 22.3 Å². The second kappa shape index (κ2) is 10.8. The molecule has 0 bridgehead atoms. The second-order valence-corrected chi connectivity index (χ2v) is 5.78. The van der Waals surface area contributed by atoms with Crippen LogP contribution in [0.3, 0.4) is 0 Å². The van der Waals surface area contributed by atoms with E-state index in [0.717, 1.165) is 12.1 Å². The van der Waals surface area contributed by atoms with Crippen molar-refractivity contribution >= 4 is 30.7 Å². The minimum Gasteiger partial charge on any atom is -0.391 e. The summed E-state index contributed by atoms with van der Waals surface area (Å²) in [5.41, 5.74) is 7.90. The Labute approximate surface area is 150 Å². The number of hydrogen-bond donors (Lipinski definition) is 3. The minimum atomic E-state index is -0.876. The molecular formula is C16H27Cl2N3O2. The molecule has 0 spiro atoms. The first-order valence-corrected chi connectivity index (χ1v) is 7.58. The van der Waals surface area contributed by atoms with Gasteiger partial charge in [-0.25, -0.2) is 0 Å². The molecule has 7 heteroatoms. The van der Waals surface area contributed by atoms with Crippen LogP contribution >= 0.6 is 24.8 Å². The number of benzene rings is 1. The number of carbonyl (C=O) groups is 1. The fourth-order valence-electron chi connectivity index (χ4n) is 2.49. The van der Waals surface area contributed by atoms with Crippen molar-refractivity contribution in [2.45, 2.75) is 45.0 Å². The molecule has 1 amide bonds. The van der Waals surface area contributed by atoms with Gasteiger partial charge in [-0.05, 0) is 44.0 Å². The maximum atomic E-state index is 11.7. The Morgan fingerprint density at radius 3 is 2.26 bits per heavy atom. The van der Waals surface area contributed by atoms with Crippen molar-refractivity contribution in [1.82, 2.24) is 10.2 Å². The smallest absolute Gasteiger partial charge is 0.239 e. The van der Waals surface area contributed by atoms with Gasteiger partial charge in [0.2, 0.25) is 5.91 Å². The van der Waals surface area contributed by atoms with E-state index in [9.17, 15) is 9.90 Å². The Balaban J connectivity index is 0.00000242. The van der Waals surface area contributed by atoms with Crippen LogP contribution in [0.2, 0.25) is 0 Å². The molecule has 1 aliphatic rings. The molecule has 1 aliphatic heterocycles. The van der Waals surface area contributed by atoms with Gasteiger partial charge < -0.3 is 16.2 Å². The predicted octanol–water partition coefficient (Wildman–Crippen LogP) is 1.45. The Morgan fingerprint density at radius 1 is 1.22 bits per heavy atom. The molecule has 2 atom stereocenters. The molecule has 0 unspecified atom stereocenters. The third-order valence-corrected chi connectivity index (χ3v) is 3.92. The number of nitrogens with two attached hydrogens (primary N) is 1. The van der Waals surface area contributed by atoms with Gasteiger partial charge in [0.05, 0.1) is 6.10 Å². The summed E-state index contributed by atoms with van der Waals surface area (Å²) >= 11 is 0. The van der Waals surface area contributed by atoms with Crippen molar-refractivity contribution in [2.75, 3.05) is 13.1 Å². The monoisotopic (exact) mass is 363 g/mol. The van der Waals surface area contributed by atoms with Gasteiger partial charge in [0, 0.05) is 13.1 Å². The van der Waals surface area contributed by atoms with Crippen molar-refractivity contribution in [2.24, 2.45) is 5.73 Å². The molecule has 0 aliphatic carbocycles. The number of nitrogens with one attached hydrogen (secondary N) is 1. The van der Waals surface area contributed by atoms with Gasteiger partial charge in [-0.2, -0.15) is 0 Å². The lowest BCUT2D eigenvalue weighted by atomic mass is 10.1. The Morgan fingerprint density at radius 2 is 1.74 bits per heavy atom. The molecular weight excluding hydrogens is 337 g/mol. The molecule has 0 saturated carbocycles. The molecule has 0 aromatic heterocycles. The molecule has 23 heavy (non-hydrogen) atoms. The van der Waals surface area contributed by atoms with E-state index in [0.29, 0.717) is 6.54 Å². The third kappa shape index (κ3) is 7.06. The summed E-state index contributed by atoms with van der Waals surface area (Å²) < 4.78 is 0. The van der Waals surface area contributed by atoms with Gasteiger partial charge in [-0.15, -0.1) is 24.8 Å². The number of halogens is 2. The van der Waals surface area contributed by atoms with Gasteiger partial charge in [0.1, 0.15) is 6.04 Å². The lowest BCUT2D eigenvalue weighted by molar-refractivity contribution is -0.124. The van der Waals surface area contributed by atoms with E-state index in [4.69, 9.17) is 5.73 Å². The van der Waals surface area contributed by atoms with Crippen LogP contribution < -0.4 is 11.1 Å². The minimum absolute atomic E-state index is 0. The van der Waals surface area contributed by atoms with Crippen LogP contribution in [0.1, 0.15) is 30.9 Å². The zero-order chi connectivity index (χ0) is 15.2. The van der Waals surface area contributed by atoms with Crippen LogP contribution in [0.15, 0.2) is 24.3 Å². The number of rotatable bonds is 6. The van der Waals surface area contributed by atoms with E-state index in [1.165, 1.54) is 38.4 Å². The van der Waals surface area contributed by atoms with Crippen molar-refractivity contribution in [1.29, 1.82) is 0 Å². The number of nitrogens with zero attached hydrogens (tertiary/aromatic N) is 1. The van der Waals surface area contributed by atoms with Crippen molar-refractivity contribution in [3.63, 3.8) is 0 Å². The highest BCUT2D eigenvalue weighted by molar-refractivity contribution is 5.85. The average molecular weight is 364 g/mol. The van der Waals surface area contributed by atoms with E-state index in [-0.39, 0.29) is 30.7 Å². The number of likely N-dealkylation sites (tertiary alicyclic amines) is 1. The number of amides is 1. The van der Waals surface area contributed by atoms with Crippen LogP contribution in [-0.4, -0.2) is 41.1 Å². The standard InChI is InChI=1S/C16H25N3O2.2ClH/c1-12(20)15(17)16(21)18-10-13-4-6-14(7-5-13)11-19-8-2-3-9-19;;/h4-7,12,15,20H,2-3,8-11,17H2,1H3,(H,18,21);2*1H/t12-,15+;;/m1../s1. The summed E-state index contributed by atoms with van der Waals surface area (Å²) in [6.45, 7) is 5.32. The SMILES string of the molecule is C[C@@H](O)[C@H](N)C(=O)NCc1ccc(CN2CCCC2)cc1.Cl.Cl. The Hall–Kier alpha value is -0.850. The molecule has 5 nitrogen and oxygen atoms in total. The average Bonchev–Trinajstić information content (AvgIpc) is 2.98. The lowest BCUT2D eigenvalue weighted by Gasteiger charge is -2.16. The first-order valence-electron chi connectivity index (χ1n) is 7.58. The molecule has 132 valence electrons. The summed E-state index contributed by atoms with van der Waals surface area (Å²) in [6.07, 6.45) is 1.76. The molecule has 1 heterocycles. The Bertz CT molecular complexity index is 463. The maximum absolute atomic E-state index is 11.7. The van der Waals surface area contributed by atoms with Crippen LogP contribution in [0.4, 0.5) is 0 Å². The summed E-state index contributed by atoms with van der Waals surface area (Å²) in [6, 6.07) is 7.39. The molecule has 1 saturated heterocycles. The van der Waals surface area contributed by atoms with E-state index >= 15 is 0 Å². The zero-order valence-electron chi connectivity index (χ0n) is 13.4. The molecule has 2 rings (SSSR count). The first kappa shape index (κ1) is 22.1. The first-order chi connectivity index (χ1) is 10.1. The predicted molar refractivity (Wildman–Crippen MR) is 97.0 cm³/mol. The van der Waals surface area contributed by atoms with E-state index in [1.54, 1.807) is 0 Å². The number of aliphatic hydroxyl groups is 1. The van der Waals surface area contributed by atoms with Crippen LogP contribution in [0.25, 0.3) is 0 Å². The van der Waals surface area contributed by atoms with E-state index in [1.807, 2.05) is 12.1 Å². The van der Waals surface area contributed by atoms with Crippen LogP contribution in [0, 0.1) is 0 Å². The summed E-state index contributed by atoms with van der Waals surface area (Å²) in [7, 11) is 0. The zero-order valence-corrected chi connectivity index (χ0v) is 15.0. The van der Waals surface area contributed by atoms with Crippen molar-refractivity contribution in [3.8, 4) is 0 Å². The fourth-order valence-corrected chi connectivity index (χ4v) is 2.49. The molecule has 0 radical (unpaired) electrons. The van der Waals surface area contributed by atoms with Gasteiger partial charge >= 0.3 is 0 Å². The molecule has 1 fully saturated rings. The number of aliphatic hydroxyl groups excluding tert-OH is 1. The largest absolute Gasteiger partial charge is 0.391 e. The number of carbonyl (C=O) groups excluding carboxylic acids is 1. The van der Waals surface area contributed by atoms with E-state index < -0.39 is 12.1 Å². The summed E-state index contributed by atoms with van der Waals surface area (Å²) in [5.74, 6) is -0.328. The van der Waals surface area contributed by atoms with Crippen molar-refractivity contribution in [3.05, 3.63) is 35.4 Å². The fraction of sp³-hybridized carbons (Fsp3) is 0.562. The molecule has 4 N–H and O–H groups in total. The lowest BCUT2D eigenvalue weighted by Crippen LogP contribution is -2.46. The van der Waals surface area contributed by atoms with Gasteiger partial charge in [-0.1, -0.05) is 24.3 Å². The second-order valence-electron chi connectivity index (χ2n) is 5.78. The number of hydrogen-bond acceptors (Lipinski definition) is 4. The van der Waals surface area contributed by atoms with Crippen LogP contribution in [0.5, 0.6) is 0 Å². The summed E-state index contributed by atoms with van der Waals surface area (Å²) in [5, 5.41) is 12.0. The maximum Gasteiger partial charge on any atom is 0.239 e. The molecule has 1 aromatic rings. The third-order valence-electron chi connectivity index (χ3n) is 3.92. The van der Waals surface area contributed by atoms with Crippen LogP contribution in [-0.2, 0) is 17.9 Å². The van der Waals surface area contributed by atoms with Gasteiger partial charge in [0.25, 0.3) is 0 Å². The van der Waals surface area contributed by atoms with Gasteiger partial charge in [-0.3, -0.25) is 9.69 Å². The normalized spacial score (nSPS) is 16.8. The highest BCUT2D eigenvalue weighted by Gasteiger charge is 2.18. The quantitative estimate of drug-likeness (QED) is 0.714. The molecule has 1 aromatic carbocycles. The topological polar surface area (TPSA) is 78.6 Å². The Kier molecular flexibility index (Phi) is 10.4. The van der Waals surface area contributed by atoms with Crippen molar-refractivity contribution < 1.29 is 9.90 Å². The highest BCUT2D eigenvalue weighted by Crippen LogP contribution is 2.13.